The zero-order chi connectivity index (χ0) is 13.6. The highest BCUT2D eigenvalue weighted by atomic mass is 16.1. The van der Waals surface area contributed by atoms with Crippen molar-refractivity contribution in [2.75, 3.05) is 13.1 Å². The van der Waals surface area contributed by atoms with Gasteiger partial charge in [-0.3, -0.25) is 9.69 Å². The predicted octanol–water partition coefficient (Wildman–Crippen LogP) is 3.39. The first-order valence-corrected chi connectivity index (χ1v) is 6.55. The number of nitrogens with zero attached hydrogens (tertiary/aromatic N) is 1. The van der Waals surface area contributed by atoms with Crippen LogP contribution in [0, 0.1) is 0 Å². The van der Waals surface area contributed by atoms with Crippen molar-refractivity contribution in [2.45, 2.75) is 33.2 Å². The summed E-state index contributed by atoms with van der Waals surface area (Å²) in [5.74, 6) is 0.148. The molecule has 0 aromatic heterocycles. The molecule has 0 aliphatic rings. The second kappa shape index (κ2) is 6.50. The zero-order valence-corrected chi connectivity index (χ0v) is 11.8. The fraction of sp³-hybridized carbons (Fsp3) is 0.438. The van der Waals surface area contributed by atoms with E-state index in [1.165, 1.54) is 0 Å². The van der Waals surface area contributed by atoms with Gasteiger partial charge in [-0.25, -0.2) is 0 Å². The summed E-state index contributed by atoms with van der Waals surface area (Å²) >= 11 is 0. The second-order valence-corrected chi connectivity index (χ2v) is 4.84. The zero-order valence-electron chi connectivity index (χ0n) is 11.8. The normalized spacial score (nSPS) is 12.3. The number of rotatable bonds is 6. The van der Waals surface area contributed by atoms with Crippen LogP contribution in [0.5, 0.6) is 0 Å². The number of hydrogen-bond acceptors (Lipinski definition) is 2. The summed E-state index contributed by atoms with van der Waals surface area (Å²) < 4.78 is 0. The molecule has 0 saturated carbocycles. The van der Waals surface area contributed by atoms with Crippen molar-refractivity contribution in [3.63, 3.8) is 0 Å². The van der Waals surface area contributed by atoms with Crippen molar-refractivity contribution in [1.29, 1.82) is 0 Å². The molecule has 1 aromatic carbocycles. The van der Waals surface area contributed by atoms with Gasteiger partial charge in [0.2, 0.25) is 0 Å². The third-order valence-corrected chi connectivity index (χ3v) is 3.38. The summed E-state index contributed by atoms with van der Waals surface area (Å²) in [4.78, 5) is 14.4. The molecule has 0 heterocycles. The summed E-state index contributed by atoms with van der Waals surface area (Å²) in [7, 11) is 0. The van der Waals surface area contributed by atoms with Gasteiger partial charge in [0.15, 0.2) is 5.78 Å². The second-order valence-electron chi connectivity index (χ2n) is 4.84. The number of likely N-dealkylation sites (N-methyl/N-ethyl adjacent to an activating group) is 1. The van der Waals surface area contributed by atoms with E-state index in [4.69, 9.17) is 0 Å². The van der Waals surface area contributed by atoms with E-state index in [9.17, 15) is 4.79 Å². The van der Waals surface area contributed by atoms with Gasteiger partial charge in [-0.2, -0.15) is 0 Å². The molecule has 1 rings (SSSR count). The maximum atomic E-state index is 12.3. The first-order valence-electron chi connectivity index (χ1n) is 6.55. The van der Waals surface area contributed by atoms with Crippen LogP contribution in [0.4, 0.5) is 0 Å². The molecule has 0 saturated heterocycles. The van der Waals surface area contributed by atoms with Gasteiger partial charge in [-0.1, -0.05) is 50.3 Å². The van der Waals surface area contributed by atoms with Crippen molar-refractivity contribution in [3.8, 4) is 0 Å². The van der Waals surface area contributed by atoms with Crippen LogP contribution in [0.2, 0.25) is 0 Å². The van der Waals surface area contributed by atoms with Crippen LogP contribution in [-0.2, 0) is 4.79 Å². The van der Waals surface area contributed by atoms with E-state index in [1.54, 1.807) is 6.08 Å². The molecule has 0 aliphatic carbocycles. The Morgan fingerprint density at radius 3 is 2.22 bits per heavy atom. The van der Waals surface area contributed by atoms with E-state index in [1.807, 2.05) is 50.3 Å². The highest BCUT2D eigenvalue weighted by Crippen LogP contribution is 2.16. The van der Waals surface area contributed by atoms with Gasteiger partial charge in [0, 0.05) is 0 Å². The van der Waals surface area contributed by atoms with Gasteiger partial charge < -0.3 is 0 Å². The molecular weight excluding hydrogens is 222 g/mol. The Balaban J connectivity index is 2.79. The smallest absolute Gasteiger partial charge is 0.175 e. The van der Waals surface area contributed by atoms with E-state index in [0.717, 1.165) is 18.7 Å². The number of ketones is 1. The molecule has 0 amide bonds. The summed E-state index contributed by atoms with van der Waals surface area (Å²) in [5.41, 5.74) is 0.621. The largest absolute Gasteiger partial charge is 0.293 e. The average Bonchev–Trinajstić information content (AvgIpc) is 2.38. The Morgan fingerprint density at radius 1 is 1.17 bits per heavy atom. The SMILES string of the molecule is CCN(CC)C(C)(C)C(=O)/C=C\c1ccccc1. The maximum absolute atomic E-state index is 12.3. The van der Waals surface area contributed by atoms with Crippen molar-refractivity contribution in [3.05, 3.63) is 42.0 Å². The number of carbonyl (C=O) groups excluding carboxylic acids is 1. The fourth-order valence-electron chi connectivity index (χ4n) is 2.11. The molecule has 98 valence electrons. The van der Waals surface area contributed by atoms with Crippen molar-refractivity contribution < 1.29 is 4.79 Å². The Hall–Kier alpha value is -1.41. The Morgan fingerprint density at radius 2 is 1.72 bits per heavy atom. The molecule has 1 aromatic rings. The average molecular weight is 245 g/mol. The summed E-state index contributed by atoms with van der Waals surface area (Å²) in [5, 5.41) is 0. The molecule has 0 aliphatic heterocycles. The van der Waals surface area contributed by atoms with E-state index < -0.39 is 5.54 Å². The molecule has 18 heavy (non-hydrogen) atoms. The van der Waals surface area contributed by atoms with Gasteiger partial charge in [-0.15, -0.1) is 0 Å². The lowest BCUT2D eigenvalue weighted by Crippen LogP contribution is -2.49. The van der Waals surface area contributed by atoms with Gasteiger partial charge in [0.1, 0.15) is 0 Å². The van der Waals surface area contributed by atoms with Crippen LogP contribution in [0.15, 0.2) is 36.4 Å². The maximum Gasteiger partial charge on any atom is 0.175 e. The number of benzene rings is 1. The summed E-state index contributed by atoms with van der Waals surface area (Å²) in [6, 6.07) is 9.90. The first-order chi connectivity index (χ1) is 8.52. The van der Waals surface area contributed by atoms with E-state index in [2.05, 4.69) is 18.7 Å². The Labute approximate surface area is 110 Å². The van der Waals surface area contributed by atoms with Gasteiger partial charge in [-0.05, 0) is 38.6 Å². The van der Waals surface area contributed by atoms with Crippen LogP contribution < -0.4 is 0 Å². The quantitative estimate of drug-likeness (QED) is 0.716. The first kappa shape index (κ1) is 14.7. The monoisotopic (exact) mass is 245 g/mol. The van der Waals surface area contributed by atoms with Crippen LogP contribution in [0.25, 0.3) is 6.08 Å². The Bertz CT molecular complexity index is 402. The van der Waals surface area contributed by atoms with E-state index in [0.29, 0.717) is 0 Å². The third kappa shape index (κ3) is 3.54. The molecule has 0 bridgehead atoms. The van der Waals surface area contributed by atoms with Gasteiger partial charge in [0.05, 0.1) is 5.54 Å². The van der Waals surface area contributed by atoms with Gasteiger partial charge in [0.25, 0.3) is 0 Å². The molecule has 0 radical (unpaired) electrons. The molecule has 0 spiro atoms. The van der Waals surface area contributed by atoms with Crippen LogP contribution in [0.3, 0.4) is 0 Å². The third-order valence-electron chi connectivity index (χ3n) is 3.38. The van der Waals surface area contributed by atoms with Crippen molar-refractivity contribution in [1.82, 2.24) is 4.90 Å². The van der Waals surface area contributed by atoms with Crippen molar-refractivity contribution in [2.24, 2.45) is 0 Å². The lowest BCUT2D eigenvalue weighted by atomic mass is 9.95. The van der Waals surface area contributed by atoms with E-state index >= 15 is 0 Å². The molecule has 2 nitrogen and oxygen atoms in total. The molecular formula is C16H23NO. The fourth-order valence-corrected chi connectivity index (χ4v) is 2.11. The molecule has 0 unspecified atom stereocenters. The van der Waals surface area contributed by atoms with Crippen LogP contribution in [-0.4, -0.2) is 29.3 Å². The topological polar surface area (TPSA) is 20.3 Å². The molecule has 0 atom stereocenters. The number of hydrogen-bond donors (Lipinski definition) is 0. The molecule has 0 N–H and O–H groups in total. The Kier molecular flexibility index (Phi) is 5.29. The van der Waals surface area contributed by atoms with Gasteiger partial charge >= 0.3 is 0 Å². The van der Waals surface area contributed by atoms with Crippen LogP contribution in [0.1, 0.15) is 33.3 Å². The molecule has 0 fully saturated rings. The minimum absolute atomic E-state index is 0.148. The standard InChI is InChI=1S/C16H23NO/c1-5-17(6-2)16(3,4)15(18)13-12-14-10-8-7-9-11-14/h7-13H,5-6H2,1-4H3/b13-12-. The minimum atomic E-state index is -0.436. The lowest BCUT2D eigenvalue weighted by molar-refractivity contribution is -0.124. The predicted molar refractivity (Wildman–Crippen MR) is 77.5 cm³/mol. The highest BCUT2D eigenvalue weighted by molar-refractivity contribution is 6.00. The summed E-state index contributed by atoms with van der Waals surface area (Å²) in [6.45, 7) is 9.90. The minimum Gasteiger partial charge on any atom is -0.293 e. The highest BCUT2D eigenvalue weighted by Gasteiger charge is 2.30. The molecule has 2 heteroatoms. The van der Waals surface area contributed by atoms with Crippen LogP contribution >= 0.6 is 0 Å². The van der Waals surface area contributed by atoms with Crippen molar-refractivity contribution >= 4 is 11.9 Å². The summed E-state index contributed by atoms with van der Waals surface area (Å²) in [6.07, 6.45) is 3.57. The number of carbonyl (C=O) groups is 1. The van der Waals surface area contributed by atoms with E-state index in [-0.39, 0.29) is 5.78 Å². The lowest BCUT2D eigenvalue weighted by Gasteiger charge is -2.34.